The molecule has 1 amide bonds. The zero-order valence-electron chi connectivity index (χ0n) is 12.3. The van der Waals surface area contributed by atoms with E-state index < -0.39 is 0 Å². The van der Waals surface area contributed by atoms with E-state index in [1.807, 2.05) is 36.6 Å². The van der Waals surface area contributed by atoms with Crippen LogP contribution in [0.15, 0.2) is 47.4 Å². The normalized spacial score (nSPS) is 10.6. The summed E-state index contributed by atoms with van der Waals surface area (Å²) in [5.74, 6) is 0.540. The molecule has 0 aliphatic rings. The maximum Gasteiger partial charge on any atom is 0.246 e. The summed E-state index contributed by atoms with van der Waals surface area (Å²) in [6.07, 6.45) is 3.49. The van der Waals surface area contributed by atoms with Crippen LogP contribution >= 0.6 is 11.3 Å². The Morgan fingerprint density at radius 1 is 1.55 bits per heavy atom. The number of benzene rings is 1. The maximum atomic E-state index is 11.7. The van der Waals surface area contributed by atoms with Gasteiger partial charge >= 0.3 is 0 Å². The predicted octanol–water partition coefficient (Wildman–Crippen LogP) is 2.71. The Hall–Kier alpha value is -2.47. The van der Waals surface area contributed by atoms with Crippen LogP contribution in [0.5, 0.6) is 5.75 Å². The van der Waals surface area contributed by atoms with Crippen molar-refractivity contribution in [2.75, 3.05) is 6.61 Å². The van der Waals surface area contributed by atoms with Crippen molar-refractivity contribution in [3.8, 4) is 5.75 Å². The number of nitrogens with one attached hydrogen (secondary N) is 1. The first-order valence-electron chi connectivity index (χ1n) is 6.74. The van der Waals surface area contributed by atoms with E-state index in [1.165, 1.54) is 11.3 Å². The fourth-order valence-electron chi connectivity index (χ4n) is 1.68. The molecule has 2 rings (SSSR count). The lowest BCUT2D eigenvalue weighted by Gasteiger charge is -2.03. The first-order valence-corrected chi connectivity index (χ1v) is 7.62. The Labute approximate surface area is 133 Å². The highest BCUT2D eigenvalue weighted by Gasteiger charge is 2.05. The summed E-state index contributed by atoms with van der Waals surface area (Å²) in [5, 5.41) is 6.64. The van der Waals surface area contributed by atoms with E-state index in [9.17, 15) is 4.79 Å². The lowest BCUT2D eigenvalue weighted by atomic mass is 10.2. The number of hydrogen-bond acceptors (Lipinski definition) is 5. The van der Waals surface area contributed by atoms with Gasteiger partial charge in [-0.15, -0.1) is 11.3 Å². The van der Waals surface area contributed by atoms with Gasteiger partial charge in [-0.2, -0.15) is 5.10 Å². The Kier molecular flexibility index (Phi) is 5.85. The molecule has 1 N–H and O–H groups in total. The molecule has 1 aromatic heterocycles. The minimum absolute atomic E-state index is 0.190. The molecule has 0 saturated heterocycles. The Morgan fingerprint density at radius 3 is 3.14 bits per heavy atom. The average molecular weight is 315 g/mol. The number of aromatic nitrogens is 1. The van der Waals surface area contributed by atoms with Gasteiger partial charge in [0.2, 0.25) is 5.91 Å². The van der Waals surface area contributed by atoms with Gasteiger partial charge in [-0.1, -0.05) is 24.8 Å². The number of nitrogens with zero attached hydrogens (tertiary/aromatic N) is 2. The van der Waals surface area contributed by atoms with E-state index in [0.717, 1.165) is 22.0 Å². The number of carbonyl (C=O) groups excluding carboxylic acids is 1. The number of hydrazone groups is 1. The van der Waals surface area contributed by atoms with E-state index >= 15 is 0 Å². The first kappa shape index (κ1) is 15.9. The largest absolute Gasteiger partial charge is 0.490 e. The highest BCUT2D eigenvalue weighted by Crippen LogP contribution is 2.12. The van der Waals surface area contributed by atoms with Gasteiger partial charge in [0.1, 0.15) is 17.4 Å². The third-order valence-corrected chi connectivity index (χ3v) is 3.57. The third kappa shape index (κ3) is 5.14. The van der Waals surface area contributed by atoms with Crippen LogP contribution in [0, 0.1) is 6.92 Å². The molecule has 0 radical (unpaired) electrons. The average Bonchev–Trinajstić information content (AvgIpc) is 2.90. The van der Waals surface area contributed by atoms with Crippen molar-refractivity contribution in [1.29, 1.82) is 0 Å². The number of ether oxygens (including phenoxy) is 1. The molecular formula is C16H17N3O2S. The predicted molar refractivity (Wildman–Crippen MR) is 88.4 cm³/mol. The first-order chi connectivity index (χ1) is 10.7. The van der Waals surface area contributed by atoms with E-state index in [4.69, 9.17) is 4.74 Å². The van der Waals surface area contributed by atoms with Crippen LogP contribution < -0.4 is 10.2 Å². The standard InChI is InChI=1S/C16H17N3O2S/c1-3-7-21-14-6-4-5-13(8-14)10-17-19-15(20)9-16-18-12(2)11-22-16/h3-6,8,10-11H,1,7,9H2,2H3,(H,19,20)/b17-10-. The molecular weight excluding hydrogens is 298 g/mol. The molecule has 22 heavy (non-hydrogen) atoms. The summed E-state index contributed by atoms with van der Waals surface area (Å²) in [5.41, 5.74) is 4.26. The molecule has 2 aromatic rings. The van der Waals surface area contributed by atoms with Gasteiger partial charge < -0.3 is 4.74 Å². The summed E-state index contributed by atoms with van der Waals surface area (Å²) in [7, 11) is 0. The van der Waals surface area contributed by atoms with Gasteiger partial charge in [-0.25, -0.2) is 10.4 Å². The summed E-state index contributed by atoms with van der Waals surface area (Å²) in [6.45, 7) is 5.95. The van der Waals surface area contributed by atoms with Crippen molar-refractivity contribution in [2.45, 2.75) is 13.3 Å². The molecule has 1 aromatic carbocycles. The third-order valence-electron chi connectivity index (χ3n) is 2.61. The van der Waals surface area contributed by atoms with Gasteiger partial charge in [0, 0.05) is 11.1 Å². The highest BCUT2D eigenvalue weighted by molar-refractivity contribution is 7.09. The second-order valence-electron chi connectivity index (χ2n) is 4.52. The van der Waals surface area contributed by atoms with Crippen LogP contribution in [-0.4, -0.2) is 23.7 Å². The number of rotatable bonds is 7. The highest BCUT2D eigenvalue weighted by atomic mass is 32.1. The zero-order valence-corrected chi connectivity index (χ0v) is 13.1. The van der Waals surface area contributed by atoms with E-state index in [2.05, 4.69) is 22.1 Å². The number of aryl methyl sites for hydroxylation is 1. The van der Waals surface area contributed by atoms with Crippen LogP contribution in [0.1, 0.15) is 16.3 Å². The molecule has 5 nitrogen and oxygen atoms in total. The second kappa shape index (κ2) is 8.09. The minimum atomic E-state index is -0.190. The van der Waals surface area contributed by atoms with Crippen LogP contribution in [0.25, 0.3) is 0 Å². The van der Waals surface area contributed by atoms with Crippen molar-refractivity contribution in [3.63, 3.8) is 0 Å². The van der Waals surface area contributed by atoms with Crippen molar-refractivity contribution in [1.82, 2.24) is 10.4 Å². The van der Waals surface area contributed by atoms with Gasteiger partial charge in [0.05, 0.1) is 12.6 Å². The Morgan fingerprint density at radius 2 is 2.41 bits per heavy atom. The smallest absolute Gasteiger partial charge is 0.246 e. The molecule has 114 valence electrons. The Bertz CT molecular complexity index is 680. The summed E-state index contributed by atoms with van der Waals surface area (Å²) in [6, 6.07) is 7.42. The SMILES string of the molecule is C=CCOc1cccc(/C=N\NC(=O)Cc2nc(C)cs2)c1. The van der Waals surface area contributed by atoms with E-state index in [1.54, 1.807) is 12.3 Å². The second-order valence-corrected chi connectivity index (χ2v) is 5.47. The van der Waals surface area contributed by atoms with Gasteiger partial charge in [0.15, 0.2) is 0 Å². The van der Waals surface area contributed by atoms with E-state index in [0.29, 0.717) is 6.61 Å². The van der Waals surface area contributed by atoms with Crippen LogP contribution in [0.4, 0.5) is 0 Å². The van der Waals surface area contributed by atoms with Gasteiger partial charge in [-0.05, 0) is 24.6 Å². The monoisotopic (exact) mass is 315 g/mol. The zero-order chi connectivity index (χ0) is 15.8. The molecule has 0 bridgehead atoms. The maximum absolute atomic E-state index is 11.7. The number of hydrogen-bond donors (Lipinski definition) is 1. The van der Waals surface area contributed by atoms with Gasteiger partial charge in [-0.3, -0.25) is 4.79 Å². The molecule has 6 heteroatoms. The lowest BCUT2D eigenvalue weighted by Crippen LogP contribution is -2.19. The van der Waals surface area contributed by atoms with Crippen LogP contribution in [0.3, 0.4) is 0 Å². The fraction of sp³-hybridized carbons (Fsp3) is 0.188. The summed E-state index contributed by atoms with van der Waals surface area (Å²) in [4.78, 5) is 16.0. The summed E-state index contributed by atoms with van der Waals surface area (Å²) < 4.78 is 5.43. The number of amides is 1. The molecule has 0 aliphatic heterocycles. The molecule has 1 heterocycles. The molecule has 0 fully saturated rings. The minimum Gasteiger partial charge on any atom is -0.490 e. The van der Waals surface area contributed by atoms with Gasteiger partial charge in [0.25, 0.3) is 0 Å². The topological polar surface area (TPSA) is 63.6 Å². The fourth-order valence-corrected chi connectivity index (χ4v) is 2.45. The van der Waals surface area contributed by atoms with Crippen molar-refractivity contribution < 1.29 is 9.53 Å². The quantitative estimate of drug-likeness (QED) is 0.485. The molecule has 0 unspecified atom stereocenters. The van der Waals surface area contributed by atoms with Crippen molar-refractivity contribution in [3.05, 3.63) is 58.6 Å². The van der Waals surface area contributed by atoms with Crippen molar-refractivity contribution in [2.24, 2.45) is 5.10 Å². The summed E-state index contributed by atoms with van der Waals surface area (Å²) >= 11 is 1.47. The van der Waals surface area contributed by atoms with E-state index in [-0.39, 0.29) is 12.3 Å². The lowest BCUT2D eigenvalue weighted by molar-refractivity contribution is -0.120. The Balaban J connectivity index is 1.86. The number of carbonyl (C=O) groups is 1. The van der Waals surface area contributed by atoms with Crippen LogP contribution in [-0.2, 0) is 11.2 Å². The molecule has 0 atom stereocenters. The molecule has 0 aliphatic carbocycles. The van der Waals surface area contributed by atoms with Crippen molar-refractivity contribution >= 4 is 23.5 Å². The van der Waals surface area contributed by atoms with Crippen LogP contribution in [0.2, 0.25) is 0 Å². The molecule has 0 spiro atoms. The molecule has 0 saturated carbocycles. The number of thiazole rings is 1.